The molecule has 2 aliphatic rings. The molecule has 1 atom stereocenters. The summed E-state index contributed by atoms with van der Waals surface area (Å²) in [6, 6.07) is 13.9. The zero-order valence-corrected chi connectivity index (χ0v) is 18.1. The highest BCUT2D eigenvalue weighted by Gasteiger charge is 2.34. The van der Waals surface area contributed by atoms with Gasteiger partial charge in [-0.15, -0.1) is 0 Å². The molecule has 0 bridgehead atoms. The van der Waals surface area contributed by atoms with Crippen molar-refractivity contribution in [3.63, 3.8) is 0 Å². The highest BCUT2D eigenvalue weighted by molar-refractivity contribution is 5.96. The van der Waals surface area contributed by atoms with Gasteiger partial charge in [0.15, 0.2) is 6.10 Å². The lowest BCUT2D eigenvalue weighted by Gasteiger charge is -2.38. The zero-order chi connectivity index (χ0) is 22.5. The molecule has 2 heterocycles. The van der Waals surface area contributed by atoms with Gasteiger partial charge < -0.3 is 24.6 Å². The molecule has 8 nitrogen and oxygen atoms in total. The number of fused-ring (bicyclic) bond motifs is 1. The van der Waals surface area contributed by atoms with Crippen LogP contribution in [0.5, 0.6) is 5.75 Å². The van der Waals surface area contributed by atoms with Crippen molar-refractivity contribution in [1.29, 1.82) is 0 Å². The number of nitrogens with zero attached hydrogens (tertiary/aromatic N) is 2. The summed E-state index contributed by atoms with van der Waals surface area (Å²) in [5.74, 6) is -0.0822. The van der Waals surface area contributed by atoms with E-state index in [1.807, 2.05) is 34.1 Å². The lowest BCUT2D eigenvalue weighted by Crippen LogP contribution is -2.52. The van der Waals surface area contributed by atoms with Crippen LogP contribution in [0.4, 0.5) is 11.4 Å². The molecule has 0 aromatic heterocycles. The van der Waals surface area contributed by atoms with Gasteiger partial charge in [-0.1, -0.05) is 12.1 Å². The number of rotatable bonds is 5. The predicted octanol–water partition coefficient (Wildman–Crippen LogP) is 2.69. The summed E-state index contributed by atoms with van der Waals surface area (Å²) < 4.78 is 10.7. The molecule has 168 valence electrons. The number of anilines is 2. The third-order valence-corrected chi connectivity index (χ3v) is 5.73. The van der Waals surface area contributed by atoms with Gasteiger partial charge in [0, 0.05) is 18.8 Å². The third-order valence-electron chi connectivity index (χ3n) is 5.73. The second kappa shape index (κ2) is 9.72. The van der Waals surface area contributed by atoms with E-state index in [9.17, 15) is 14.4 Å². The van der Waals surface area contributed by atoms with Gasteiger partial charge in [0.2, 0.25) is 5.91 Å². The Kier molecular flexibility index (Phi) is 6.58. The molecule has 1 fully saturated rings. The van der Waals surface area contributed by atoms with Gasteiger partial charge in [0.1, 0.15) is 5.75 Å². The molecule has 1 unspecified atom stereocenters. The van der Waals surface area contributed by atoms with E-state index in [4.69, 9.17) is 4.74 Å². The van der Waals surface area contributed by atoms with Crippen molar-refractivity contribution >= 4 is 29.2 Å². The number of esters is 1. The highest BCUT2D eigenvalue weighted by atomic mass is 16.5. The van der Waals surface area contributed by atoms with Crippen molar-refractivity contribution in [1.82, 2.24) is 4.90 Å². The van der Waals surface area contributed by atoms with E-state index >= 15 is 0 Å². The first-order valence-electron chi connectivity index (χ1n) is 10.8. The third kappa shape index (κ3) is 4.85. The monoisotopic (exact) mass is 437 g/mol. The minimum Gasteiger partial charge on any atom is -0.477 e. The summed E-state index contributed by atoms with van der Waals surface area (Å²) in [5, 5.41) is 2.84. The number of para-hydroxylation sites is 2. The largest absolute Gasteiger partial charge is 0.477 e. The molecule has 1 N–H and O–H groups in total. The first kappa shape index (κ1) is 21.7. The zero-order valence-electron chi connectivity index (χ0n) is 18.1. The van der Waals surface area contributed by atoms with E-state index in [2.05, 4.69) is 10.1 Å². The van der Waals surface area contributed by atoms with Gasteiger partial charge in [-0.05, 0) is 55.7 Å². The van der Waals surface area contributed by atoms with Crippen LogP contribution in [0.2, 0.25) is 0 Å². The highest BCUT2D eigenvalue weighted by Crippen LogP contribution is 2.33. The Morgan fingerprint density at radius 3 is 2.47 bits per heavy atom. The summed E-state index contributed by atoms with van der Waals surface area (Å²) in [6.45, 7) is 1.88. The number of carbonyl (C=O) groups excluding carboxylic acids is 3. The topological polar surface area (TPSA) is 88.2 Å². The number of piperidine rings is 1. The Hall–Kier alpha value is -3.55. The van der Waals surface area contributed by atoms with Crippen molar-refractivity contribution < 1.29 is 23.9 Å². The van der Waals surface area contributed by atoms with Gasteiger partial charge in [-0.3, -0.25) is 9.59 Å². The second-order valence-corrected chi connectivity index (χ2v) is 7.96. The average Bonchev–Trinajstić information content (AvgIpc) is 2.84. The minimum absolute atomic E-state index is 0.0250. The normalized spacial score (nSPS) is 17.7. The maximum absolute atomic E-state index is 13.0. The molecule has 4 rings (SSSR count). The Labute approximate surface area is 187 Å². The number of amides is 2. The van der Waals surface area contributed by atoms with Crippen molar-refractivity contribution in [3.8, 4) is 5.75 Å². The van der Waals surface area contributed by atoms with E-state index in [1.165, 1.54) is 7.11 Å². The molecule has 2 aromatic carbocycles. The number of likely N-dealkylation sites (tertiary alicyclic amines) is 1. The molecule has 0 saturated carbocycles. The lowest BCUT2D eigenvalue weighted by molar-refractivity contribution is -0.139. The first-order valence-corrected chi connectivity index (χ1v) is 10.8. The number of benzene rings is 2. The van der Waals surface area contributed by atoms with Crippen LogP contribution in [-0.4, -0.2) is 62.1 Å². The summed E-state index contributed by atoms with van der Waals surface area (Å²) in [6.07, 6.45) is 2.52. The van der Waals surface area contributed by atoms with Gasteiger partial charge in [-0.2, -0.15) is 0 Å². The smallest absolute Gasteiger partial charge is 0.337 e. The van der Waals surface area contributed by atoms with Crippen LogP contribution in [0.25, 0.3) is 0 Å². The van der Waals surface area contributed by atoms with Crippen molar-refractivity contribution in [2.24, 2.45) is 0 Å². The lowest BCUT2D eigenvalue weighted by atomic mass is 10.1. The van der Waals surface area contributed by atoms with Gasteiger partial charge >= 0.3 is 5.97 Å². The standard InChI is InChI=1S/C24H27N3O5/c1-31-24(30)17-9-11-18(12-10-17)25-22(28)16-27-15-21(23(29)26-13-5-2-6-14-26)32-20-8-4-3-7-19(20)27/h3-4,7-12,21H,2,5-6,13-16H2,1H3,(H,25,28). The van der Waals surface area contributed by atoms with Crippen LogP contribution in [0.15, 0.2) is 48.5 Å². The Bertz CT molecular complexity index is 985. The fraction of sp³-hybridized carbons (Fsp3) is 0.375. The molecule has 32 heavy (non-hydrogen) atoms. The van der Waals surface area contributed by atoms with Gasteiger partial charge in [0.05, 0.1) is 31.5 Å². The van der Waals surface area contributed by atoms with Gasteiger partial charge in [-0.25, -0.2) is 4.79 Å². The molecule has 0 radical (unpaired) electrons. The second-order valence-electron chi connectivity index (χ2n) is 7.96. The SMILES string of the molecule is COC(=O)c1ccc(NC(=O)CN2CC(C(=O)N3CCCCC3)Oc3ccccc32)cc1. The fourth-order valence-corrected chi connectivity index (χ4v) is 4.08. The van der Waals surface area contributed by atoms with Crippen LogP contribution < -0.4 is 15.0 Å². The number of ether oxygens (including phenoxy) is 2. The van der Waals surface area contributed by atoms with Crippen molar-refractivity contribution in [3.05, 3.63) is 54.1 Å². The summed E-state index contributed by atoms with van der Waals surface area (Å²) in [5.41, 5.74) is 1.77. The number of nitrogens with one attached hydrogen (secondary N) is 1. The Morgan fingerprint density at radius 2 is 1.75 bits per heavy atom. The van der Waals surface area contributed by atoms with Crippen LogP contribution in [0.1, 0.15) is 29.6 Å². The molecular weight excluding hydrogens is 410 g/mol. The molecule has 1 saturated heterocycles. The van der Waals surface area contributed by atoms with Crippen LogP contribution in [0, 0.1) is 0 Å². The minimum atomic E-state index is -0.643. The van der Waals surface area contributed by atoms with Gasteiger partial charge in [0.25, 0.3) is 5.91 Å². The predicted molar refractivity (Wildman–Crippen MR) is 120 cm³/mol. The fourth-order valence-electron chi connectivity index (χ4n) is 4.08. The van der Waals surface area contributed by atoms with Crippen molar-refractivity contribution in [2.75, 3.05) is 43.5 Å². The Morgan fingerprint density at radius 1 is 1.03 bits per heavy atom. The molecular formula is C24H27N3O5. The van der Waals surface area contributed by atoms with Crippen LogP contribution in [-0.2, 0) is 14.3 Å². The van der Waals surface area contributed by atoms with E-state index < -0.39 is 12.1 Å². The van der Waals surface area contributed by atoms with Crippen LogP contribution >= 0.6 is 0 Å². The summed E-state index contributed by atoms with van der Waals surface area (Å²) >= 11 is 0. The van der Waals surface area contributed by atoms with E-state index in [-0.39, 0.29) is 18.4 Å². The quantitative estimate of drug-likeness (QED) is 0.724. The average molecular weight is 437 g/mol. The van der Waals surface area contributed by atoms with Crippen LogP contribution in [0.3, 0.4) is 0 Å². The molecule has 0 aliphatic carbocycles. The number of carbonyl (C=O) groups is 3. The molecule has 0 spiro atoms. The number of hydrogen-bond acceptors (Lipinski definition) is 6. The maximum atomic E-state index is 13.0. The molecule has 2 amide bonds. The number of methoxy groups -OCH3 is 1. The molecule has 8 heteroatoms. The maximum Gasteiger partial charge on any atom is 0.337 e. The summed E-state index contributed by atoms with van der Waals surface area (Å²) in [4.78, 5) is 41.1. The van der Waals surface area contributed by atoms with Crippen molar-refractivity contribution in [2.45, 2.75) is 25.4 Å². The Balaban J connectivity index is 1.44. The van der Waals surface area contributed by atoms with E-state index in [0.29, 0.717) is 23.5 Å². The van der Waals surface area contributed by atoms with E-state index in [0.717, 1.165) is 38.0 Å². The summed E-state index contributed by atoms with van der Waals surface area (Å²) in [7, 11) is 1.32. The first-order chi connectivity index (χ1) is 15.5. The van der Waals surface area contributed by atoms with E-state index in [1.54, 1.807) is 24.3 Å². The molecule has 2 aliphatic heterocycles. The number of hydrogen-bond donors (Lipinski definition) is 1. The molecule has 2 aromatic rings.